The zero-order valence-corrected chi connectivity index (χ0v) is 17.9. The smallest absolute Gasteiger partial charge is 0.161 e. The minimum absolute atomic E-state index is 0.0229. The van der Waals surface area contributed by atoms with E-state index in [0.29, 0.717) is 31.6 Å². The highest BCUT2D eigenvalue weighted by molar-refractivity contribution is 5.90. The van der Waals surface area contributed by atoms with E-state index >= 15 is 0 Å². The monoisotopic (exact) mass is 404 g/mol. The lowest BCUT2D eigenvalue weighted by molar-refractivity contribution is -0.114. The van der Waals surface area contributed by atoms with Gasteiger partial charge in [0.25, 0.3) is 0 Å². The summed E-state index contributed by atoms with van der Waals surface area (Å²) in [6.07, 6.45) is 10.2. The van der Waals surface area contributed by atoms with Crippen LogP contribution < -0.4 is 4.74 Å². The fourth-order valence-electron chi connectivity index (χ4n) is 3.83. The minimum Gasteiger partial charge on any atom is -0.504 e. The van der Waals surface area contributed by atoms with Crippen molar-refractivity contribution >= 4 is 5.78 Å². The number of carbonyl (C=O) groups is 1. The third kappa shape index (κ3) is 7.82. The summed E-state index contributed by atoms with van der Waals surface area (Å²) >= 11 is 0. The molecule has 0 bridgehead atoms. The largest absolute Gasteiger partial charge is 0.504 e. The molecule has 0 atom stereocenters. The summed E-state index contributed by atoms with van der Waals surface area (Å²) in [5.74, 6) is 0.773. The first-order valence-corrected chi connectivity index (χ1v) is 10.9. The summed E-state index contributed by atoms with van der Waals surface area (Å²) in [6, 6.07) is 3.85. The molecule has 162 valence electrons. The van der Waals surface area contributed by atoms with Gasteiger partial charge in [-0.2, -0.15) is 0 Å². The van der Waals surface area contributed by atoms with Crippen molar-refractivity contribution in [3.05, 3.63) is 34.9 Å². The molecule has 0 radical (unpaired) electrons. The second-order valence-electron chi connectivity index (χ2n) is 7.90. The number of allylic oxidation sites excluding steroid dienone is 1. The number of ketones is 1. The van der Waals surface area contributed by atoms with Gasteiger partial charge >= 0.3 is 0 Å². The Hall–Kier alpha value is -1.85. The second-order valence-corrected chi connectivity index (χ2v) is 7.90. The number of aliphatic hydroxyl groups excluding tert-OH is 1. The van der Waals surface area contributed by atoms with Gasteiger partial charge in [-0.3, -0.25) is 4.79 Å². The molecule has 5 heteroatoms. The minimum atomic E-state index is -0.0676. The van der Waals surface area contributed by atoms with E-state index in [1.807, 2.05) is 19.1 Å². The summed E-state index contributed by atoms with van der Waals surface area (Å²) in [6.45, 7) is 2.59. The quantitative estimate of drug-likeness (QED) is 0.374. The van der Waals surface area contributed by atoms with Crippen molar-refractivity contribution in [3.63, 3.8) is 0 Å². The fraction of sp³-hybridized carbons (Fsp3) is 0.625. The van der Waals surface area contributed by atoms with Gasteiger partial charge in [0.15, 0.2) is 17.3 Å². The molecule has 2 N–H and O–H groups in total. The van der Waals surface area contributed by atoms with Gasteiger partial charge in [-0.1, -0.05) is 19.4 Å². The summed E-state index contributed by atoms with van der Waals surface area (Å²) < 4.78 is 11.2. The molecule has 1 saturated carbocycles. The average Bonchev–Trinajstić information content (AvgIpc) is 3.22. The maximum absolute atomic E-state index is 12.3. The van der Waals surface area contributed by atoms with Gasteiger partial charge in [-0.05, 0) is 80.2 Å². The van der Waals surface area contributed by atoms with Crippen molar-refractivity contribution < 1.29 is 24.5 Å². The zero-order chi connectivity index (χ0) is 21.1. The van der Waals surface area contributed by atoms with Crippen molar-refractivity contribution in [3.8, 4) is 11.5 Å². The fourth-order valence-corrected chi connectivity index (χ4v) is 3.83. The average molecular weight is 405 g/mol. The van der Waals surface area contributed by atoms with E-state index in [-0.39, 0.29) is 24.2 Å². The van der Waals surface area contributed by atoms with Crippen LogP contribution in [0.1, 0.15) is 69.4 Å². The lowest BCUT2D eigenvalue weighted by atomic mass is 9.99. The molecule has 0 amide bonds. The van der Waals surface area contributed by atoms with Crippen LogP contribution in [0.15, 0.2) is 23.8 Å². The van der Waals surface area contributed by atoms with E-state index in [0.717, 1.165) is 61.6 Å². The lowest BCUT2D eigenvalue weighted by Gasteiger charge is -2.18. The Kier molecular flexibility index (Phi) is 10.2. The van der Waals surface area contributed by atoms with E-state index in [1.54, 1.807) is 13.2 Å². The van der Waals surface area contributed by atoms with Gasteiger partial charge in [-0.25, -0.2) is 0 Å². The van der Waals surface area contributed by atoms with Crippen LogP contribution in [0.25, 0.3) is 0 Å². The number of phenols is 1. The van der Waals surface area contributed by atoms with Crippen molar-refractivity contribution in [2.24, 2.45) is 0 Å². The van der Waals surface area contributed by atoms with E-state index in [4.69, 9.17) is 9.47 Å². The molecule has 0 heterocycles. The van der Waals surface area contributed by atoms with Crippen LogP contribution in [0.5, 0.6) is 11.5 Å². The number of aromatic hydroxyl groups is 1. The number of benzene rings is 1. The van der Waals surface area contributed by atoms with Crippen LogP contribution in [0.2, 0.25) is 0 Å². The maximum atomic E-state index is 12.3. The van der Waals surface area contributed by atoms with Crippen molar-refractivity contribution in [1.82, 2.24) is 0 Å². The Morgan fingerprint density at radius 2 is 1.97 bits per heavy atom. The number of rotatable bonds is 13. The van der Waals surface area contributed by atoms with Crippen molar-refractivity contribution in [2.75, 3.05) is 20.3 Å². The molecule has 1 aromatic rings. The van der Waals surface area contributed by atoms with Crippen LogP contribution >= 0.6 is 0 Å². The Labute approximate surface area is 174 Å². The van der Waals surface area contributed by atoms with Gasteiger partial charge in [0.1, 0.15) is 0 Å². The third-order valence-corrected chi connectivity index (χ3v) is 5.40. The Balaban J connectivity index is 2.11. The molecule has 0 aliphatic heterocycles. The number of phenolic OH excluding ortho intramolecular Hbond substituents is 1. The first kappa shape index (κ1) is 23.4. The molecule has 2 rings (SSSR count). The summed E-state index contributed by atoms with van der Waals surface area (Å²) in [4.78, 5) is 12.3. The molecule has 5 nitrogen and oxygen atoms in total. The van der Waals surface area contributed by atoms with Crippen LogP contribution in [-0.2, 0) is 22.4 Å². The lowest BCUT2D eigenvalue weighted by Crippen LogP contribution is -2.12. The molecule has 29 heavy (non-hydrogen) atoms. The predicted molar refractivity (Wildman–Crippen MR) is 115 cm³/mol. The van der Waals surface area contributed by atoms with Crippen molar-refractivity contribution in [1.29, 1.82) is 0 Å². The molecular formula is C24H36O5. The van der Waals surface area contributed by atoms with E-state index < -0.39 is 0 Å². The number of hydrogen-bond acceptors (Lipinski definition) is 5. The van der Waals surface area contributed by atoms with E-state index in [1.165, 1.54) is 0 Å². The first-order valence-electron chi connectivity index (χ1n) is 10.9. The van der Waals surface area contributed by atoms with Gasteiger partial charge in [0.2, 0.25) is 0 Å². The van der Waals surface area contributed by atoms with Crippen LogP contribution in [0.4, 0.5) is 0 Å². The number of aliphatic hydroxyl groups is 1. The Morgan fingerprint density at radius 3 is 2.62 bits per heavy atom. The van der Waals surface area contributed by atoms with Gasteiger partial charge in [-0.15, -0.1) is 0 Å². The van der Waals surface area contributed by atoms with Crippen LogP contribution in [-0.4, -0.2) is 42.4 Å². The topological polar surface area (TPSA) is 76.0 Å². The molecule has 1 fully saturated rings. The third-order valence-electron chi connectivity index (χ3n) is 5.40. The highest BCUT2D eigenvalue weighted by atomic mass is 16.5. The highest BCUT2D eigenvalue weighted by Crippen LogP contribution is 2.36. The molecule has 0 unspecified atom stereocenters. The summed E-state index contributed by atoms with van der Waals surface area (Å²) in [5, 5.41) is 20.0. The normalized spacial score (nSPS) is 15.1. The van der Waals surface area contributed by atoms with Gasteiger partial charge < -0.3 is 19.7 Å². The molecule has 1 aromatic carbocycles. The van der Waals surface area contributed by atoms with Gasteiger partial charge in [0, 0.05) is 20.1 Å². The number of carbonyl (C=O) groups excluding carboxylic acids is 1. The zero-order valence-electron chi connectivity index (χ0n) is 17.9. The molecule has 0 spiro atoms. The van der Waals surface area contributed by atoms with Gasteiger partial charge in [0.05, 0.1) is 12.7 Å². The SMILES string of the molecule is CCCC(=CC(=O)CCc1cc(CCCOC)c(O)c(OC2CCCC2)c1)CO. The standard InChI is InChI=1S/C24H36O5/c1-3-7-19(17-25)15-21(26)12-11-18-14-20(8-6-13-28-2)24(27)23(16-18)29-22-9-4-5-10-22/h14-16,22,25,27H,3-13,17H2,1-2H3. The first-order chi connectivity index (χ1) is 14.1. The highest BCUT2D eigenvalue weighted by Gasteiger charge is 2.20. The van der Waals surface area contributed by atoms with Crippen LogP contribution in [0, 0.1) is 0 Å². The predicted octanol–water partition coefficient (Wildman–Crippen LogP) is 4.51. The Morgan fingerprint density at radius 1 is 1.21 bits per heavy atom. The molecule has 1 aliphatic rings. The molecule has 0 saturated heterocycles. The molecule has 1 aliphatic carbocycles. The second kappa shape index (κ2) is 12.7. The number of aryl methyl sites for hydroxylation is 2. The van der Waals surface area contributed by atoms with Crippen molar-refractivity contribution in [2.45, 2.75) is 77.2 Å². The number of methoxy groups -OCH3 is 1. The Bertz CT molecular complexity index is 674. The summed E-state index contributed by atoms with van der Waals surface area (Å²) in [7, 11) is 1.67. The molecular weight excluding hydrogens is 368 g/mol. The molecule has 0 aromatic heterocycles. The summed E-state index contributed by atoms with van der Waals surface area (Å²) in [5.41, 5.74) is 2.62. The number of hydrogen-bond donors (Lipinski definition) is 2. The maximum Gasteiger partial charge on any atom is 0.161 e. The number of ether oxygens (including phenoxy) is 2. The van der Waals surface area contributed by atoms with Crippen LogP contribution in [0.3, 0.4) is 0 Å². The van der Waals surface area contributed by atoms with E-state index in [9.17, 15) is 15.0 Å². The van der Waals surface area contributed by atoms with E-state index in [2.05, 4.69) is 0 Å².